The smallest absolute Gasteiger partial charge is 0.194 e. The van der Waals surface area contributed by atoms with Crippen LogP contribution >= 0.6 is 0 Å². The van der Waals surface area contributed by atoms with Crippen LogP contribution in [0.2, 0.25) is 0 Å². The lowest BCUT2D eigenvalue weighted by molar-refractivity contribution is 0.399. The maximum absolute atomic E-state index is 14.2. The quantitative estimate of drug-likeness (QED) is 0.758. The molecule has 1 fully saturated rings. The van der Waals surface area contributed by atoms with Gasteiger partial charge in [-0.1, -0.05) is 0 Å². The van der Waals surface area contributed by atoms with Crippen molar-refractivity contribution in [3.05, 3.63) is 48.3 Å². The summed E-state index contributed by atoms with van der Waals surface area (Å²) < 4.78 is 29.2. The topological polar surface area (TPSA) is 53.3 Å². The van der Waals surface area contributed by atoms with Crippen LogP contribution in [0.4, 0.5) is 14.5 Å². The van der Waals surface area contributed by atoms with E-state index in [1.54, 1.807) is 0 Å². The number of aromatic nitrogens is 2. The molecule has 0 bridgehead atoms. The Kier molecular flexibility index (Phi) is 3.57. The van der Waals surface area contributed by atoms with E-state index >= 15 is 0 Å². The van der Waals surface area contributed by atoms with Crippen LogP contribution in [0, 0.1) is 11.6 Å². The molecule has 2 heterocycles. The fourth-order valence-electron chi connectivity index (χ4n) is 3.03. The van der Waals surface area contributed by atoms with Crippen LogP contribution < -0.4 is 10.2 Å². The van der Waals surface area contributed by atoms with Crippen molar-refractivity contribution in [1.82, 2.24) is 14.9 Å². The predicted octanol–water partition coefficient (Wildman–Crippen LogP) is 2.42. The molecule has 5 nitrogen and oxygen atoms in total. The summed E-state index contributed by atoms with van der Waals surface area (Å²) in [4.78, 5) is 6.30. The summed E-state index contributed by atoms with van der Waals surface area (Å²) >= 11 is 0. The summed E-state index contributed by atoms with van der Waals surface area (Å²) in [6, 6.07) is 8.68. The number of piperazine rings is 1. The molecule has 2 N–H and O–H groups in total. The summed E-state index contributed by atoms with van der Waals surface area (Å²) in [5.41, 5.74) is 2.01. The predicted molar refractivity (Wildman–Crippen MR) is 87.7 cm³/mol. The van der Waals surface area contributed by atoms with Crippen molar-refractivity contribution in [3.8, 4) is 11.4 Å². The molecule has 2 aromatic carbocycles. The Balaban J connectivity index is 1.74. The highest BCUT2D eigenvalue weighted by Crippen LogP contribution is 2.30. The Bertz CT molecular complexity index is 886. The fourth-order valence-corrected chi connectivity index (χ4v) is 3.03. The minimum absolute atomic E-state index is 0.0591. The van der Waals surface area contributed by atoms with Gasteiger partial charge in [-0.25, -0.2) is 13.8 Å². The Morgan fingerprint density at radius 1 is 1.04 bits per heavy atom. The molecule has 1 aromatic heterocycles. The number of phenolic OH excluding ortho intramolecular Hbond substituents is 1. The SMILES string of the molecule is Oc1c(F)cc2ncn(-c3ccc(N4CCNCC4)cc3)c2c1F. The van der Waals surface area contributed by atoms with Crippen LogP contribution in [0.1, 0.15) is 0 Å². The average Bonchev–Trinajstić information content (AvgIpc) is 3.04. The van der Waals surface area contributed by atoms with Crippen LogP contribution in [0.3, 0.4) is 0 Å². The molecule has 7 heteroatoms. The van der Waals surface area contributed by atoms with Crippen molar-refractivity contribution in [3.63, 3.8) is 0 Å². The standard InChI is InChI=1S/C17H16F2N4O/c18-13-9-14-16(15(19)17(13)24)23(10-21-14)12-3-1-11(2-4-12)22-7-5-20-6-8-22/h1-4,9-10,20,24H,5-8H2. The maximum Gasteiger partial charge on any atom is 0.194 e. The van der Waals surface area contributed by atoms with Crippen LogP contribution in [-0.4, -0.2) is 40.8 Å². The number of phenols is 1. The van der Waals surface area contributed by atoms with Gasteiger partial charge >= 0.3 is 0 Å². The Labute approximate surface area is 137 Å². The third-order valence-electron chi connectivity index (χ3n) is 4.31. The monoisotopic (exact) mass is 330 g/mol. The first-order valence-electron chi connectivity index (χ1n) is 7.75. The van der Waals surface area contributed by atoms with E-state index in [-0.39, 0.29) is 11.0 Å². The highest BCUT2D eigenvalue weighted by atomic mass is 19.1. The van der Waals surface area contributed by atoms with E-state index in [2.05, 4.69) is 15.2 Å². The maximum atomic E-state index is 14.2. The van der Waals surface area contributed by atoms with Gasteiger partial charge in [0.2, 0.25) is 0 Å². The number of hydrogen-bond donors (Lipinski definition) is 2. The van der Waals surface area contributed by atoms with Crippen molar-refractivity contribution < 1.29 is 13.9 Å². The zero-order valence-electron chi connectivity index (χ0n) is 12.8. The number of halogens is 2. The van der Waals surface area contributed by atoms with Gasteiger partial charge in [0.05, 0.1) is 5.52 Å². The number of aromatic hydroxyl groups is 1. The Morgan fingerprint density at radius 2 is 1.71 bits per heavy atom. The van der Waals surface area contributed by atoms with Crippen molar-refractivity contribution in [1.29, 1.82) is 0 Å². The fraction of sp³-hybridized carbons (Fsp3) is 0.235. The largest absolute Gasteiger partial charge is 0.503 e. The van der Waals surface area contributed by atoms with Crippen LogP contribution in [0.5, 0.6) is 5.75 Å². The van der Waals surface area contributed by atoms with E-state index in [9.17, 15) is 13.9 Å². The number of nitrogens with one attached hydrogen (secondary N) is 1. The number of rotatable bonds is 2. The van der Waals surface area contributed by atoms with Crippen molar-refractivity contribution in [2.24, 2.45) is 0 Å². The average molecular weight is 330 g/mol. The van der Waals surface area contributed by atoms with Crippen LogP contribution in [-0.2, 0) is 0 Å². The lowest BCUT2D eigenvalue weighted by Crippen LogP contribution is -2.43. The Hall–Kier alpha value is -2.67. The molecular formula is C17H16F2N4O. The molecule has 0 atom stereocenters. The van der Waals surface area contributed by atoms with E-state index < -0.39 is 17.4 Å². The van der Waals surface area contributed by atoms with Gasteiger partial charge in [0, 0.05) is 43.6 Å². The molecule has 24 heavy (non-hydrogen) atoms. The molecule has 0 unspecified atom stereocenters. The lowest BCUT2D eigenvalue weighted by Gasteiger charge is -2.29. The summed E-state index contributed by atoms with van der Waals surface area (Å²) in [5, 5.41) is 12.8. The lowest BCUT2D eigenvalue weighted by atomic mass is 10.2. The van der Waals surface area contributed by atoms with Gasteiger partial charge in [0.15, 0.2) is 17.4 Å². The molecular weight excluding hydrogens is 314 g/mol. The van der Waals surface area contributed by atoms with Gasteiger partial charge < -0.3 is 15.3 Å². The molecule has 0 radical (unpaired) electrons. The van der Waals surface area contributed by atoms with Crippen molar-refractivity contribution in [2.45, 2.75) is 0 Å². The van der Waals surface area contributed by atoms with E-state index in [4.69, 9.17) is 0 Å². The van der Waals surface area contributed by atoms with Gasteiger partial charge in [0.25, 0.3) is 0 Å². The van der Waals surface area contributed by atoms with E-state index in [1.807, 2.05) is 24.3 Å². The molecule has 0 saturated carbocycles. The number of benzene rings is 2. The van der Waals surface area contributed by atoms with Crippen molar-refractivity contribution >= 4 is 16.7 Å². The molecule has 1 aliphatic heterocycles. The molecule has 0 amide bonds. The second-order valence-corrected chi connectivity index (χ2v) is 5.76. The second kappa shape index (κ2) is 5.76. The second-order valence-electron chi connectivity index (χ2n) is 5.76. The van der Waals surface area contributed by atoms with Gasteiger partial charge in [0.1, 0.15) is 11.8 Å². The minimum atomic E-state index is -1.01. The number of fused-ring (bicyclic) bond motifs is 1. The van der Waals surface area contributed by atoms with Gasteiger partial charge in [-0.15, -0.1) is 0 Å². The number of hydrogen-bond acceptors (Lipinski definition) is 4. The van der Waals surface area contributed by atoms with Gasteiger partial charge in [-0.2, -0.15) is 0 Å². The van der Waals surface area contributed by atoms with Gasteiger partial charge in [-0.05, 0) is 24.3 Å². The normalized spacial score (nSPS) is 15.2. The zero-order valence-corrected chi connectivity index (χ0v) is 12.8. The van der Waals surface area contributed by atoms with Crippen LogP contribution in [0.15, 0.2) is 36.7 Å². The summed E-state index contributed by atoms with van der Waals surface area (Å²) in [7, 11) is 0. The molecule has 1 saturated heterocycles. The number of imidazole rings is 1. The first-order chi connectivity index (χ1) is 11.6. The Morgan fingerprint density at radius 3 is 2.42 bits per heavy atom. The first-order valence-corrected chi connectivity index (χ1v) is 7.75. The highest BCUT2D eigenvalue weighted by Gasteiger charge is 2.18. The van der Waals surface area contributed by atoms with Crippen LogP contribution in [0.25, 0.3) is 16.7 Å². The molecule has 1 aliphatic rings. The number of nitrogens with zero attached hydrogens (tertiary/aromatic N) is 3. The molecule has 124 valence electrons. The van der Waals surface area contributed by atoms with E-state index in [0.29, 0.717) is 5.69 Å². The molecule has 3 aromatic rings. The third-order valence-corrected chi connectivity index (χ3v) is 4.31. The number of anilines is 1. The van der Waals surface area contributed by atoms with Crippen molar-refractivity contribution in [2.75, 3.05) is 31.1 Å². The summed E-state index contributed by atoms with van der Waals surface area (Å²) in [6.07, 6.45) is 1.42. The van der Waals surface area contributed by atoms with E-state index in [0.717, 1.165) is 37.9 Å². The first kappa shape index (κ1) is 14.9. The minimum Gasteiger partial charge on any atom is -0.503 e. The molecule has 0 aliphatic carbocycles. The highest BCUT2D eigenvalue weighted by molar-refractivity contribution is 5.80. The third kappa shape index (κ3) is 2.37. The van der Waals surface area contributed by atoms with E-state index in [1.165, 1.54) is 10.9 Å². The molecule has 4 rings (SSSR count). The zero-order chi connectivity index (χ0) is 16.7. The molecule has 0 spiro atoms. The van der Waals surface area contributed by atoms with Gasteiger partial charge in [-0.3, -0.25) is 4.57 Å². The summed E-state index contributed by atoms with van der Waals surface area (Å²) in [6.45, 7) is 3.78. The summed E-state index contributed by atoms with van der Waals surface area (Å²) in [5.74, 6) is -3.00.